The molecule has 0 spiro atoms. The van der Waals surface area contributed by atoms with E-state index in [1.807, 2.05) is 23.2 Å². The highest BCUT2D eigenvalue weighted by molar-refractivity contribution is 5.69. The number of allylic oxidation sites excluding steroid dienone is 1. The first kappa shape index (κ1) is 23.9. The van der Waals surface area contributed by atoms with Gasteiger partial charge in [0.1, 0.15) is 0 Å². The van der Waals surface area contributed by atoms with Crippen LogP contribution in [0.5, 0.6) is 0 Å². The number of halogens is 6. The predicted octanol–water partition coefficient (Wildman–Crippen LogP) is 8.10. The van der Waals surface area contributed by atoms with Crippen LogP contribution in [0.4, 0.5) is 26.3 Å². The molecule has 0 aromatic heterocycles. The maximum atomic E-state index is 12.9. The van der Waals surface area contributed by atoms with Crippen LogP contribution in [-0.2, 0) is 31.9 Å². The fourth-order valence-electron chi connectivity index (χ4n) is 4.22. The third kappa shape index (κ3) is 5.82. The number of rotatable bonds is 5. The Kier molecular flexibility index (Phi) is 6.73. The van der Waals surface area contributed by atoms with Gasteiger partial charge in [0.05, 0.1) is 11.1 Å². The normalized spacial score (nSPS) is 15.3. The molecule has 0 saturated heterocycles. The van der Waals surface area contributed by atoms with Crippen LogP contribution < -0.4 is 0 Å². The van der Waals surface area contributed by atoms with E-state index in [4.69, 9.17) is 0 Å². The van der Waals surface area contributed by atoms with Crippen LogP contribution >= 0.6 is 0 Å². The SMILES string of the molecule is FC(F)(F)c1ccc(CN(C=C2CCCc3ccccc32)Cc2ccc(C(F)(F)F)cc2)cc1. The molecule has 0 unspecified atom stereocenters. The van der Waals surface area contributed by atoms with E-state index >= 15 is 0 Å². The Bertz CT molecular complexity index is 1080. The van der Waals surface area contributed by atoms with Crippen molar-refractivity contribution in [2.75, 3.05) is 0 Å². The van der Waals surface area contributed by atoms with Gasteiger partial charge in [-0.25, -0.2) is 0 Å². The van der Waals surface area contributed by atoms with Crippen molar-refractivity contribution >= 4 is 5.57 Å². The van der Waals surface area contributed by atoms with Gasteiger partial charge >= 0.3 is 12.4 Å². The lowest BCUT2D eigenvalue weighted by atomic mass is 9.88. The molecule has 0 bridgehead atoms. The van der Waals surface area contributed by atoms with Gasteiger partial charge in [-0.3, -0.25) is 0 Å². The van der Waals surface area contributed by atoms with E-state index in [2.05, 4.69) is 12.1 Å². The molecule has 0 heterocycles. The monoisotopic (exact) mass is 475 g/mol. The predicted molar refractivity (Wildman–Crippen MR) is 119 cm³/mol. The Morgan fingerprint density at radius 2 is 1.15 bits per heavy atom. The van der Waals surface area contributed by atoms with Gasteiger partial charge in [-0.05, 0) is 71.4 Å². The molecule has 0 N–H and O–H groups in total. The third-order valence-corrected chi connectivity index (χ3v) is 5.93. The highest BCUT2D eigenvalue weighted by Crippen LogP contribution is 2.33. The number of benzene rings is 3. The lowest BCUT2D eigenvalue weighted by Gasteiger charge is -2.26. The zero-order valence-electron chi connectivity index (χ0n) is 18.3. The molecule has 1 aliphatic carbocycles. The van der Waals surface area contributed by atoms with E-state index in [9.17, 15) is 26.3 Å². The second-order valence-corrected chi connectivity index (χ2v) is 8.46. The van der Waals surface area contributed by atoms with Crippen molar-refractivity contribution in [3.63, 3.8) is 0 Å². The Hall–Kier alpha value is -3.22. The smallest absolute Gasteiger partial charge is 0.369 e. The standard InChI is InChI=1S/C27H23F6N/c28-26(29,30)23-12-8-19(9-13-23)16-34(17-20-10-14-24(15-11-20)27(31,32)33)18-22-6-3-5-21-4-1-2-7-25(21)22/h1-2,4,7-15,18H,3,5-6,16-17H2. The molecular weight excluding hydrogens is 452 g/mol. The van der Waals surface area contributed by atoms with Crippen LogP contribution in [0.3, 0.4) is 0 Å². The van der Waals surface area contributed by atoms with E-state index in [1.54, 1.807) is 0 Å². The molecular formula is C27H23F6N. The second-order valence-electron chi connectivity index (χ2n) is 8.46. The van der Waals surface area contributed by atoms with Crippen LogP contribution in [0.15, 0.2) is 79.0 Å². The van der Waals surface area contributed by atoms with E-state index in [0.717, 1.165) is 54.7 Å². The lowest BCUT2D eigenvalue weighted by molar-refractivity contribution is -0.138. The molecule has 0 saturated carbocycles. The highest BCUT2D eigenvalue weighted by atomic mass is 19.4. The van der Waals surface area contributed by atoms with E-state index in [0.29, 0.717) is 24.2 Å². The summed E-state index contributed by atoms with van der Waals surface area (Å²) in [4.78, 5) is 1.95. The number of alkyl halides is 6. The summed E-state index contributed by atoms with van der Waals surface area (Å²) in [6.45, 7) is 0.648. The summed E-state index contributed by atoms with van der Waals surface area (Å²) in [6, 6.07) is 18.1. The van der Waals surface area contributed by atoms with Gasteiger partial charge < -0.3 is 4.90 Å². The number of fused-ring (bicyclic) bond motifs is 1. The minimum Gasteiger partial charge on any atom is -0.369 e. The van der Waals surface area contributed by atoms with Gasteiger partial charge in [0.2, 0.25) is 0 Å². The lowest BCUT2D eigenvalue weighted by Crippen LogP contribution is -2.18. The quantitative estimate of drug-likeness (QED) is 0.337. The zero-order valence-corrected chi connectivity index (χ0v) is 18.3. The van der Waals surface area contributed by atoms with Gasteiger partial charge in [-0.2, -0.15) is 26.3 Å². The van der Waals surface area contributed by atoms with Gasteiger partial charge in [0.25, 0.3) is 0 Å². The summed E-state index contributed by atoms with van der Waals surface area (Å²) in [5.41, 5.74) is 3.42. The van der Waals surface area contributed by atoms with Crippen LogP contribution in [0.1, 0.15) is 46.2 Å². The minimum atomic E-state index is -4.41. The first-order chi connectivity index (χ1) is 16.1. The topological polar surface area (TPSA) is 3.24 Å². The van der Waals surface area contributed by atoms with Gasteiger partial charge in [-0.1, -0.05) is 48.5 Å². The highest BCUT2D eigenvalue weighted by Gasteiger charge is 2.31. The number of aryl methyl sites for hydroxylation is 1. The molecule has 3 aromatic rings. The first-order valence-electron chi connectivity index (χ1n) is 10.9. The largest absolute Gasteiger partial charge is 0.416 e. The molecule has 3 aromatic carbocycles. The fraction of sp³-hybridized carbons (Fsp3) is 0.259. The Morgan fingerprint density at radius 1 is 0.647 bits per heavy atom. The van der Waals surface area contributed by atoms with Gasteiger partial charge in [0.15, 0.2) is 0 Å². The first-order valence-corrected chi connectivity index (χ1v) is 10.9. The molecule has 178 valence electrons. The molecule has 0 aliphatic heterocycles. The molecule has 1 nitrogen and oxygen atoms in total. The van der Waals surface area contributed by atoms with Crippen molar-refractivity contribution in [1.82, 2.24) is 4.90 Å². The van der Waals surface area contributed by atoms with Crippen molar-refractivity contribution in [2.24, 2.45) is 0 Å². The summed E-state index contributed by atoms with van der Waals surface area (Å²) < 4.78 is 77.6. The second kappa shape index (κ2) is 9.57. The minimum absolute atomic E-state index is 0.324. The third-order valence-electron chi connectivity index (χ3n) is 5.93. The molecule has 4 rings (SSSR count). The maximum absolute atomic E-state index is 12.9. The van der Waals surface area contributed by atoms with Crippen LogP contribution in [0.2, 0.25) is 0 Å². The van der Waals surface area contributed by atoms with Crippen LogP contribution in [-0.4, -0.2) is 4.90 Å². The number of hydrogen-bond donors (Lipinski definition) is 0. The molecule has 0 amide bonds. The van der Waals surface area contributed by atoms with Crippen molar-refractivity contribution in [1.29, 1.82) is 0 Å². The van der Waals surface area contributed by atoms with Crippen molar-refractivity contribution in [3.05, 3.63) is 112 Å². The number of nitrogens with zero attached hydrogens (tertiary/aromatic N) is 1. The Balaban J connectivity index is 1.63. The van der Waals surface area contributed by atoms with E-state index in [-0.39, 0.29) is 0 Å². The summed E-state index contributed by atoms with van der Waals surface area (Å²) in [5, 5.41) is 0. The van der Waals surface area contributed by atoms with Crippen molar-refractivity contribution in [3.8, 4) is 0 Å². The van der Waals surface area contributed by atoms with Crippen LogP contribution in [0.25, 0.3) is 5.57 Å². The van der Waals surface area contributed by atoms with Crippen molar-refractivity contribution in [2.45, 2.75) is 44.7 Å². The fourth-order valence-corrected chi connectivity index (χ4v) is 4.22. The van der Waals surface area contributed by atoms with Crippen LogP contribution in [0, 0.1) is 0 Å². The molecule has 7 heteroatoms. The Labute approximate surface area is 194 Å². The summed E-state index contributed by atoms with van der Waals surface area (Å²) in [6.07, 6.45) is -4.01. The van der Waals surface area contributed by atoms with E-state index < -0.39 is 23.5 Å². The molecule has 34 heavy (non-hydrogen) atoms. The van der Waals surface area contributed by atoms with Crippen molar-refractivity contribution < 1.29 is 26.3 Å². The number of hydrogen-bond acceptors (Lipinski definition) is 1. The molecule has 0 radical (unpaired) electrons. The van der Waals surface area contributed by atoms with Gasteiger partial charge in [0, 0.05) is 19.3 Å². The zero-order chi connectivity index (χ0) is 24.3. The maximum Gasteiger partial charge on any atom is 0.416 e. The molecule has 0 atom stereocenters. The Morgan fingerprint density at radius 3 is 1.65 bits per heavy atom. The van der Waals surface area contributed by atoms with Gasteiger partial charge in [-0.15, -0.1) is 0 Å². The average molecular weight is 475 g/mol. The van der Waals surface area contributed by atoms with E-state index in [1.165, 1.54) is 29.8 Å². The summed E-state index contributed by atoms with van der Waals surface area (Å²) in [7, 11) is 0. The summed E-state index contributed by atoms with van der Waals surface area (Å²) >= 11 is 0. The average Bonchev–Trinajstić information content (AvgIpc) is 2.79. The summed E-state index contributed by atoms with van der Waals surface area (Å²) in [5.74, 6) is 0. The molecule has 1 aliphatic rings. The molecule has 0 fully saturated rings.